The van der Waals surface area contributed by atoms with Crippen LogP contribution in [0.3, 0.4) is 0 Å². The molecule has 0 aromatic rings. The monoisotopic (exact) mass is 749 g/mol. The Hall–Kier alpha value is -1.50. The van der Waals surface area contributed by atoms with Crippen molar-refractivity contribution in [3.8, 4) is 0 Å². The second kappa shape index (κ2) is 30.7. The van der Waals surface area contributed by atoms with Crippen LogP contribution in [0, 0.1) is 23.7 Å². The summed E-state index contributed by atoms with van der Waals surface area (Å²) in [5.74, 6) is 2.39. The number of Topliss-reactive ketones (excluding diaryl/α,β-unsaturated/α-hetero) is 1. The summed E-state index contributed by atoms with van der Waals surface area (Å²) in [6.07, 6.45) is 22.3. The van der Waals surface area contributed by atoms with E-state index >= 15 is 0 Å². The molecule has 312 valence electrons. The second-order valence-electron chi connectivity index (χ2n) is 18.3. The van der Waals surface area contributed by atoms with Crippen molar-refractivity contribution in [3.63, 3.8) is 0 Å². The maximum absolute atomic E-state index is 12.3. The van der Waals surface area contributed by atoms with Gasteiger partial charge in [0.25, 0.3) is 0 Å². The summed E-state index contributed by atoms with van der Waals surface area (Å²) in [6, 6.07) is 0. The lowest BCUT2D eigenvalue weighted by Gasteiger charge is -2.27. The van der Waals surface area contributed by atoms with Crippen molar-refractivity contribution in [3.05, 3.63) is 23.3 Å². The average Bonchev–Trinajstić information content (AvgIpc) is 3.04. The molecule has 53 heavy (non-hydrogen) atoms. The minimum atomic E-state index is -0.158. The average molecular weight is 749 g/mol. The molecule has 0 spiro atoms. The van der Waals surface area contributed by atoms with Crippen LogP contribution in [0.25, 0.3) is 0 Å². The Kier molecular flexibility index (Phi) is 29.8. The summed E-state index contributed by atoms with van der Waals surface area (Å²) >= 11 is 0. The van der Waals surface area contributed by atoms with Gasteiger partial charge >= 0.3 is 5.97 Å². The number of allylic oxidation sites excluding steroid dienone is 4. The van der Waals surface area contributed by atoms with E-state index in [-0.39, 0.29) is 29.6 Å². The number of ketones is 1. The highest BCUT2D eigenvalue weighted by Crippen LogP contribution is 2.24. The zero-order valence-corrected chi connectivity index (χ0v) is 37.2. The first-order valence-electron chi connectivity index (χ1n) is 21.7. The minimum absolute atomic E-state index is 0.0878. The molecule has 0 radical (unpaired) electrons. The van der Waals surface area contributed by atoms with Crippen molar-refractivity contribution in [2.75, 3.05) is 33.0 Å². The van der Waals surface area contributed by atoms with Crippen LogP contribution in [0.5, 0.6) is 0 Å². The van der Waals surface area contributed by atoms with E-state index in [4.69, 9.17) is 18.9 Å². The number of hydrogen-bond acceptors (Lipinski definition) is 6. The molecule has 0 amide bonds. The second-order valence-corrected chi connectivity index (χ2v) is 18.3. The highest BCUT2D eigenvalue weighted by Gasteiger charge is 2.20. The highest BCUT2D eigenvalue weighted by atomic mass is 16.5. The molecule has 0 saturated carbocycles. The number of esters is 1. The molecule has 4 atom stereocenters. The standard InChI is InChI=1S/C47H88O6/c1-38(2)19-15-21-40(5)29-35-52-46(9,10)31-17-23-42(7)27-33-50-37-44(48)25-13-14-26-45(49)51-34-28-43(8)24-18-32-47(11,12)53-36-30-41(6)22-16-20-39(3)4/h19-20,40-43H,13-18,21-37H2,1-12H3. The van der Waals surface area contributed by atoms with Crippen LogP contribution in [-0.2, 0) is 28.5 Å². The molecule has 0 N–H and O–H groups in total. The molecule has 6 nitrogen and oxygen atoms in total. The van der Waals surface area contributed by atoms with Gasteiger partial charge < -0.3 is 18.9 Å². The molecule has 4 unspecified atom stereocenters. The molecule has 0 aromatic carbocycles. The van der Waals surface area contributed by atoms with E-state index < -0.39 is 0 Å². The first-order chi connectivity index (χ1) is 24.9. The van der Waals surface area contributed by atoms with Gasteiger partial charge in [-0.25, -0.2) is 0 Å². The molecule has 0 heterocycles. The van der Waals surface area contributed by atoms with Gasteiger partial charge in [0.15, 0.2) is 5.78 Å². The third kappa shape index (κ3) is 34.7. The van der Waals surface area contributed by atoms with E-state index in [9.17, 15) is 9.59 Å². The molecule has 0 aromatic heterocycles. The maximum atomic E-state index is 12.3. The third-order valence-electron chi connectivity index (χ3n) is 10.6. The maximum Gasteiger partial charge on any atom is 0.305 e. The lowest BCUT2D eigenvalue weighted by molar-refractivity contribution is -0.144. The molecule has 0 aliphatic carbocycles. The van der Waals surface area contributed by atoms with Crippen molar-refractivity contribution >= 4 is 11.8 Å². The van der Waals surface area contributed by atoms with Crippen molar-refractivity contribution in [1.29, 1.82) is 0 Å². The van der Waals surface area contributed by atoms with E-state index in [1.165, 1.54) is 24.0 Å². The molecule has 6 heteroatoms. The zero-order chi connectivity index (χ0) is 40.1. The van der Waals surface area contributed by atoms with Crippen LogP contribution in [0.2, 0.25) is 0 Å². The molecule has 0 fully saturated rings. The number of unbranched alkanes of at least 4 members (excludes halogenated alkanes) is 1. The number of carbonyl (C=O) groups excluding carboxylic acids is 2. The van der Waals surface area contributed by atoms with Crippen LogP contribution in [0.4, 0.5) is 0 Å². The predicted octanol–water partition coefficient (Wildman–Crippen LogP) is 13.2. The molecular formula is C47H88O6. The lowest BCUT2D eigenvalue weighted by atomic mass is 9.95. The lowest BCUT2D eigenvalue weighted by Crippen LogP contribution is -2.25. The van der Waals surface area contributed by atoms with Gasteiger partial charge in [0.2, 0.25) is 0 Å². The van der Waals surface area contributed by atoms with Crippen LogP contribution in [-0.4, -0.2) is 56.0 Å². The molecular weight excluding hydrogens is 661 g/mol. The van der Waals surface area contributed by atoms with Gasteiger partial charge in [-0.1, -0.05) is 76.7 Å². The van der Waals surface area contributed by atoms with E-state index in [0.717, 1.165) is 90.3 Å². The Labute approximate surface area is 329 Å². The normalized spacial score (nSPS) is 14.3. The van der Waals surface area contributed by atoms with Gasteiger partial charge in [-0.2, -0.15) is 0 Å². The van der Waals surface area contributed by atoms with Crippen LogP contribution in [0.1, 0.15) is 199 Å². The Bertz CT molecular complexity index is 987. The van der Waals surface area contributed by atoms with Gasteiger partial charge in [-0.3, -0.25) is 9.59 Å². The fourth-order valence-corrected chi connectivity index (χ4v) is 6.44. The predicted molar refractivity (Wildman–Crippen MR) is 225 cm³/mol. The van der Waals surface area contributed by atoms with Crippen molar-refractivity contribution in [2.24, 2.45) is 23.7 Å². The summed E-state index contributed by atoms with van der Waals surface area (Å²) in [7, 11) is 0. The molecule has 0 rings (SSSR count). The van der Waals surface area contributed by atoms with E-state index in [2.05, 4.69) is 95.2 Å². The smallest absolute Gasteiger partial charge is 0.305 e. The Balaban J connectivity index is 3.84. The largest absolute Gasteiger partial charge is 0.466 e. The van der Waals surface area contributed by atoms with E-state index in [1.807, 2.05) is 0 Å². The summed E-state index contributed by atoms with van der Waals surface area (Å²) in [5, 5.41) is 0. The van der Waals surface area contributed by atoms with Gasteiger partial charge in [0, 0.05) is 32.7 Å². The third-order valence-corrected chi connectivity index (χ3v) is 10.6. The number of hydrogen-bond donors (Lipinski definition) is 0. The highest BCUT2D eigenvalue weighted by molar-refractivity contribution is 5.79. The molecule has 0 aliphatic rings. The first-order valence-corrected chi connectivity index (χ1v) is 21.7. The molecule has 0 aliphatic heterocycles. The summed E-state index contributed by atoms with van der Waals surface area (Å²) in [6.45, 7) is 29.5. The van der Waals surface area contributed by atoms with E-state index in [1.54, 1.807) is 0 Å². The van der Waals surface area contributed by atoms with Gasteiger partial charge in [-0.15, -0.1) is 0 Å². The Morgan fingerprint density at radius 3 is 1.42 bits per heavy atom. The van der Waals surface area contributed by atoms with Crippen LogP contribution in [0.15, 0.2) is 23.3 Å². The van der Waals surface area contributed by atoms with E-state index in [0.29, 0.717) is 62.6 Å². The van der Waals surface area contributed by atoms with Gasteiger partial charge in [0.05, 0.1) is 17.8 Å². The number of carbonyl (C=O) groups is 2. The first kappa shape index (κ1) is 51.5. The van der Waals surface area contributed by atoms with Crippen LogP contribution < -0.4 is 0 Å². The number of rotatable bonds is 35. The SMILES string of the molecule is CC(C)=CCCC(C)CCOC(C)(C)CCCC(C)CCOCC(=O)CCCCC(=O)OCCC(C)CCCC(C)(C)OCCC(C)CCC=C(C)C. The fourth-order valence-electron chi connectivity index (χ4n) is 6.44. The summed E-state index contributed by atoms with van der Waals surface area (Å²) < 4.78 is 23.7. The number of ether oxygens (including phenoxy) is 4. The van der Waals surface area contributed by atoms with Crippen molar-refractivity contribution in [1.82, 2.24) is 0 Å². The Morgan fingerprint density at radius 2 is 0.943 bits per heavy atom. The van der Waals surface area contributed by atoms with Crippen LogP contribution >= 0.6 is 0 Å². The minimum Gasteiger partial charge on any atom is -0.466 e. The molecule has 0 bridgehead atoms. The summed E-state index contributed by atoms with van der Waals surface area (Å²) in [4.78, 5) is 24.5. The van der Waals surface area contributed by atoms with Crippen molar-refractivity contribution in [2.45, 2.75) is 210 Å². The molecule has 0 saturated heterocycles. The van der Waals surface area contributed by atoms with Gasteiger partial charge in [0.1, 0.15) is 6.61 Å². The topological polar surface area (TPSA) is 71.1 Å². The van der Waals surface area contributed by atoms with Gasteiger partial charge in [-0.05, 0) is 156 Å². The Morgan fingerprint density at radius 1 is 0.528 bits per heavy atom. The van der Waals surface area contributed by atoms with Crippen molar-refractivity contribution < 1.29 is 28.5 Å². The quantitative estimate of drug-likeness (QED) is 0.0365. The fraction of sp³-hybridized carbons (Fsp3) is 0.872. The zero-order valence-electron chi connectivity index (χ0n) is 37.2. The summed E-state index contributed by atoms with van der Waals surface area (Å²) in [5.41, 5.74) is 2.61.